The van der Waals surface area contributed by atoms with Gasteiger partial charge in [0.2, 0.25) is 0 Å². The molecule has 1 aromatic heterocycles. The first kappa shape index (κ1) is 11.0. The molecule has 0 spiro atoms. The van der Waals surface area contributed by atoms with Crippen LogP contribution in [0.4, 0.5) is 5.69 Å². The molecule has 0 radical (unpaired) electrons. The van der Waals surface area contributed by atoms with Crippen LogP contribution in [0, 0.1) is 13.8 Å². The van der Waals surface area contributed by atoms with Crippen LogP contribution in [0.25, 0.3) is 0 Å². The summed E-state index contributed by atoms with van der Waals surface area (Å²) in [5.41, 5.74) is 3.33. The van der Waals surface area contributed by atoms with Crippen molar-refractivity contribution in [2.24, 2.45) is 0 Å². The number of aromatic nitrogens is 1. The lowest BCUT2D eigenvalue weighted by molar-refractivity contribution is 0.689. The van der Waals surface area contributed by atoms with E-state index in [4.69, 9.17) is 0 Å². The summed E-state index contributed by atoms with van der Waals surface area (Å²) >= 11 is 0. The number of nitrogens with zero attached hydrogens (tertiary/aromatic N) is 1. The van der Waals surface area contributed by atoms with E-state index in [0.29, 0.717) is 6.04 Å². The smallest absolute Gasteiger partial charge is 0.0606 e. The second-order valence-corrected chi connectivity index (χ2v) is 3.92. The van der Waals surface area contributed by atoms with Crippen LogP contribution in [-0.4, -0.2) is 11.0 Å². The molecule has 0 aromatic carbocycles. The molecule has 0 amide bonds. The van der Waals surface area contributed by atoms with Crippen LogP contribution in [0.3, 0.4) is 0 Å². The second kappa shape index (κ2) is 4.99. The van der Waals surface area contributed by atoms with Crippen molar-refractivity contribution in [2.45, 2.75) is 46.6 Å². The zero-order chi connectivity index (χ0) is 10.6. The van der Waals surface area contributed by atoms with Crippen LogP contribution < -0.4 is 5.32 Å². The fraction of sp³-hybridized carbons (Fsp3) is 0.583. The molecule has 1 aromatic rings. The molecule has 1 heterocycles. The third-order valence-corrected chi connectivity index (χ3v) is 2.35. The van der Waals surface area contributed by atoms with E-state index in [2.05, 4.69) is 30.2 Å². The first-order valence-corrected chi connectivity index (χ1v) is 5.34. The molecule has 1 rings (SSSR count). The van der Waals surface area contributed by atoms with Crippen LogP contribution in [0.5, 0.6) is 0 Å². The minimum atomic E-state index is 0.531. The van der Waals surface area contributed by atoms with Gasteiger partial charge in [-0.2, -0.15) is 0 Å². The second-order valence-electron chi connectivity index (χ2n) is 3.92. The Hall–Kier alpha value is -1.05. The average Bonchev–Trinajstić information content (AvgIpc) is 2.10. The molecule has 2 nitrogen and oxygen atoms in total. The zero-order valence-electron chi connectivity index (χ0n) is 9.59. The van der Waals surface area contributed by atoms with Gasteiger partial charge in [-0.25, -0.2) is 0 Å². The maximum atomic E-state index is 4.42. The van der Waals surface area contributed by atoms with Gasteiger partial charge >= 0.3 is 0 Å². The standard InChI is InChI=1S/C12H20N2/c1-5-6-9(2)14-12-8-7-10(3)13-11(12)4/h7-9,14H,5-6H2,1-4H3. The third-order valence-electron chi connectivity index (χ3n) is 2.35. The average molecular weight is 192 g/mol. The van der Waals surface area contributed by atoms with Crippen LogP contribution in [0.1, 0.15) is 38.1 Å². The summed E-state index contributed by atoms with van der Waals surface area (Å²) in [7, 11) is 0. The Morgan fingerprint density at radius 2 is 2.07 bits per heavy atom. The van der Waals surface area contributed by atoms with Gasteiger partial charge in [0.05, 0.1) is 11.4 Å². The summed E-state index contributed by atoms with van der Waals surface area (Å²) < 4.78 is 0. The van der Waals surface area contributed by atoms with Crippen molar-refractivity contribution in [3.05, 3.63) is 23.5 Å². The number of pyridine rings is 1. The van der Waals surface area contributed by atoms with Crippen molar-refractivity contribution < 1.29 is 0 Å². The van der Waals surface area contributed by atoms with Crippen LogP contribution in [-0.2, 0) is 0 Å². The SMILES string of the molecule is CCCC(C)Nc1ccc(C)nc1C. The minimum absolute atomic E-state index is 0.531. The number of anilines is 1. The Balaban J connectivity index is 2.67. The lowest BCUT2D eigenvalue weighted by atomic mass is 10.2. The van der Waals surface area contributed by atoms with Crippen LogP contribution in [0.15, 0.2) is 12.1 Å². The Kier molecular flexibility index (Phi) is 3.93. The molecular formula is C12H20N2. The number of aryl methyl sites for hydroxylation is 2. The van der Waals surface area contributed by atoms with Crippen molar-refractivity contribution in [3.63, 3.8) is 0 Å². The Labute approximate surface area is 86.8 Å². The van der Waals surface area contributed by atoms with E-state index < -0.39 is 0 Å². The van der Waals surface area contributed by atoms with E-state index in [1.807, 2.05) is 19.9 Å². The predicted molar refractivity (Wildman–Crippen MR) is 61.7 cm³/mol. The Bertz CT molecular complexity index is 294. The molecule has 2 heteroatoms. The van der Waals surface area contributed by atoms with Crippen molar-refractivity contribution in [2.75, 3.05) is 5.32 Å². The summed E-state index contributed by atoms with van der Waals surface area (Å²) in [5.74, 6) is 0. The molecule has 14 heavy (non-hydrogen) atoms. The van der Waals surface area contributed by atoms with Gasteiger partial charge in [0.25, 0.3) is 0 Å². The normalized spacial score (nSPS) is 12.6. The van der Waals surface area contributed by atoms with E-state index >= 15 is 0 Å². The van der Waals surface area contributed by atoms with E-state index in [9.17, 15) is 0 Å². The fourth-order valence-electron chi connectivity index (χ4n) is 1.61. The van der Waals surface area contributed by atoms with Gasteiger partial charge in [-0.15, -0.1) is 0 Å². The molecule has 0 bridgehead atoms. The first-order chi connectivity index (χ1) is 6.63. The van der Waals surface area contributed by atoms with E-state index in [0.717, 1.165) is 17.1 Å². The zero-order valence-corrected chi connectivity index (χ0v) is 9.59. The van der Waals surface area contributed by atoms with Gasteiger partial charge in [0, 0.05) is 11.7 Å². The van der Waals surface area contributed by atoms with Gasteiger partial charge in [0.1, 0.15) is 0 Å². The number of rotatable bonds is 4. The fourth-order valence-corrected chi connectivity index (χ4v) is 1.61. The van der Waals surface area contributed by atoms with E-state index in [1.54, 1.807) is 0 Å². The molecule has 0 saturated carbocycles. The van der Waals surface area contributed by atoms with Crippen molar-refractivity contribution in [3.8, 4) is 0 Å². The van der Waals surface area contributed by atoms with E-state index in [-0.39, 0.29) is 0 Å². The summed E-state index contributed by atoms with van der Waals surface area (Å²) in [6.07, 6.45) is 2.42. The van der Waals surface area contributed by atoms with Gasteiger partial charge in [0.15, 0.2) is 0 Å². The lowest BCUT2D eigenvalue weighted by Crippen LogP contribution is -2.15. The van der Waals surface area contributed by atoms with E-state index in [1.165, 1.54) is 12.8 Å². The van der Waals surface area contributed by atoms with Gasteiger partial charge < -0.3 is 5.32 Å². The quantitative estimate of drug-likeness (QED) is 0.791. The number of hydrogen-bond donors (Lipinski definition) is 1. The summed E-state index contributed by atoms with van der Waals surface area (Å²) in [5, 5.41) is 3.48. The summed E-state index contributed by atoms with van der Waals surface area (Å²) in [4.78, 5) is 4.42. The molecule has 1 atom stereocenters. The molecule has 0 aliphatic heterocycles. The van der Waals surface area contributed by atoms with Crippen molar-refractivity contribution >= 4 is 5.69 Å². The Morgan fingerprint density at radius 3 is 2.64 bits per heavy atom. The molecule has 0 aliphatic carbocycles. The van der Waals surface area contributed by atoms with Gasteiger partial charge in [-0.05, 0) is 39.3 Å². The Morgan fingerprint density at radius 1 is 1.36 bits per heavy atom. The largest absolute Gasteiger partial charge is 0.381 e. The first-order valence-electron chi connectivity index (χ1n) is 5.34. The summed E-state index contributed by atoms with van der Waals surface area (Å²) in [6, 6.07) is 4.70. The molecule has 1 unspecified atom stereocenters. The molecule has 78 valence electrons. The summed E-state index contributed by atoms with van der Waals surface area (Å²) in [6.45, 7) is 8.49. The highest BCUT2D eigenvalue weighted by molar-refractivity contribution is 5.48. The minimum Gasteiger partial charge on any atom is -0.381 e. The highest BCUT2D eigenvalue weighted by Crippen LogP contribution is 2.14. The molecule has 1 N–H and O–H groups in total. The number of hydrogen-bond acceptors (Lipinski definition) is 2. The highest BCUT2D eigenvalue weighted by Gasteiger charge is 2.03. The van der Waals surface area contributed by atoms with Gasteiger partial charge in [-0.3, -0.25) is 4.98 Å². The monoisotopic (exact) mass is 192 g/mol. The predicted octanol–water partition coefficient (Wildman–Crippen LogP) is 3.30. The lowest BCUT2D eigenvalue weighted by Gasteiger charge is -2.15. The molecule has 0 fully saturated rings. The maximum absolute atomic E-state index is 4.42. The molecule has 0 saturated heterocycles. The molecule has 0 aliphatic rings. The van der Waals surface area contributed by atoms with Crippen LogP contribution in [0.2, 0.25) is 0 Å². The topological polar surface area (TPSA) is 24.9 Å². The highest BCUT2D eigenvalue weighted by atomic mass is 14.9. The van der Waals surface area contributed by atoms with Crippen molar-refractivity contribution in [1.29, 1.82) is 0 Å². The third kappa shape index (κ3) is 3.02. The van der Waals surface area contributed by atoms with Crippen LogP contribution >= 0.6 is 0 Å². The van der Waals surface area contributed by atoms with Gasteiger partial charge in [-0.1, -0.05) is 13.3 Å². The number of nitrogens with one attached hydrogen (secondary N) is 1. The van der Waals surface area contributed by atoms with Crippen molar-refractivity contribution in [1.82, 2.24) is 4.98 Å². The molecular weight excluding hydrogens is 172 g/mol. The maximum Gasteiger partial charge on any atom is 0.0606 e.